The van der Waals surface area contributed by atoms with E-state index in [4.69, 9.17) is 17.3 Å². The molecule has 70 valence electrons. The number of anilines is 1. The minimum atomic E-state index is -0.339. The molecule has 1 aromatic rings. The Morgan fingerprint density at radius 1 is 1.77 bits per heavy atom. The van der Waals surface area contributed by atoms with E-state index in [1.807, 2.05) is 0 Å². The molecule has 5 nitrogen and oxygen atoms in total. The fraction of sp³-hybridized carbons (Fsp3) is 0.429. The van der Waals surface area contributed by atoms with Crippen LogP contribution in [0, 0.1) is 0 Å². The first kappa shape index (κ1) is 8.52. The van der Waals surface area contributed by atoms with E-state index >= 15 is 0 Å². The summed E-state index contributed by atoms with van der Waals surface area (Å²) in [7, 11) is 0. The molecule has 0 radical (unpaired) electrons. The number of halogens is 1. The summed E-state index contributed by atoms with van der Waals surface area (Å²) >= 11 is 5.70. The van der Waals surface area contributed by atoms with Crippen molar-refractivity contribution < 1.29 is 0 Å². The molecule has 1 fully saturated rings. The topological polar surface area (TPSA) is 83.8 Å². The molecule has 0 aliphatic heterocycles. The van der Waals surface area contributed by atoms with Gasteiger partial charge in [-0.25, -0.2) is 4.98 Å². The highest BCUT2D eigenvalue weighted by Gasteiger charge is 2.34. The van der Waals surface area contributed by atoms with E-state index < -0.39 is 0 Å². The summed E-state index contributed by atoms with van der Waals surface area (Å²) in [5.41, 5.74) is 5.24. The van der Waals surface area contributed by atoms with Gasteiger partial charge in [0.2, 0.25) is 0 Å². The summed E-state index contributed by atoms with van der Waals surface area (Å²) in [4.78, 5) is 17.3. The predicted octanol–water partition coefficient (Wildman–Crippen LogP) is -0.0652. The van der Waals surface area contributed by atoms with Gasteiger partial charge in [-0.15, -0.1) is 0 Å². The van der Waals surface area contributed by atoms with E-state index in [2.05, 4.69) is 15.3 Å². The van der Waals surface area contributed by atoms with Crippen molar-refractivity contribution in [2.24, 2.45) is 5.73 Å². The first-order chi connectivity index (χ1) is 6.18. The Bertz CT molecular complexity index is 377. The number of aromatic nitrogens is 2. The average molecular weight is 201 g/mol. The minimum absolute atomic E-state index is 0.0848. The quantitative estimate of drug-likeness (QED) is 0.624. The number of nitrogens with one attached hydrogen (secondary N) is 2. The van der Waals surface area contributed by atoms with Crippen molar-refractivity contribution in [1.29, 1.82) is 0 Å². The largest absolute Gasteiger partial charge is 0.364 e. The van der Waals surface area contributed by atoms with Gasteiger partial charge in [0.15, 0.2) is 5.82 Å². The van der Waals surface area contributed by atoms with Gasteiger partial charge in [-0.3, -0.25) is 4.79 Å². The summed E-state index contributed by atoms with van der Waals surface area (Å²) in [6.07, 6.45) is 2.20. The Labute approximate surface area is 79.3 Å². The Kier molecular flexibility index (Phi) is 1.97. The third-order valence-corrected chi connectivity index (χ3v) is 2.31. The second-order valence-electron chi connectivity index (χ2n) is 3.04. The monoisotopic (exact) mass is 200 g/mol. The third-order valence-electron chi connectivity index (χ3n) is 1.96. The highest BCUT2D eigenvalue weighted by Crippen LogP contribution is 2.24. The van der Waals surface area contributed by atoms with Gasteiger partial charge < -0.3 is 16.0 Å². The van der Waals surface area contributed by atoms with Crippen molar-refractivity contribution >= 4 is 17.4 Å². The van der Waals surface area contributed by atoms with Crippen molar-refractivity contribution in [3.63, 3.8) is 0 Å². The molecule has 0 spiro atoms. The zero-order chi connectivity index (χ0) is 9.42. The van der Waals surface area contributed by atoms with E-state index in [1.54, 1.807) is 0 Å². The van der Waals surface area contributed by atoms with Crippen molar-refractivity contribution in [2.45, 2.75) is 18.5 Å². The molecule has 1 aliphatic carbocycles. The van der Waals surface area contributed by atoms with Gasteiger partial charge in [-0.2, -0.15) is 0 Å². The lowest BCUT2D eigenvalue weighted by molar-refractivity contribution is 0.987. The maximum Gasteiger partial charge on any atom is 0.271 e. The first-order valence-corrected chi connectivity index (χ1v) is 4.31. The van der Waals surface area contributed by atoms with E-state index in [0.717, 1.165) is 6.42 Å². The van der Waals surface area contributed by atoms with Crippen molar-refractivity contribution in [3.05, 3.63) is 21.7 Å². The van der Waals surface area contributed by atoms with Crippen LogP contribution < -0.4 is 16.6 Å². The van der Waals surface area contributed by atoms with Crippen molar-refractivity contribution in [3.8, 4) is 0 Å². The molecule has 1 heterocycles. The SMILES string of the molecule is NC1CC1Nc1nc[nH]c(=O)c1Cl. The molecule has 1 aliphatic rings. The highest BCUT2D eigenvalue weighted by molar-refractivity contribution is 6.32. The second-order valence-corrected chi connectivity index (χ2v) is 3.42. The average Bonchev–Trinajstić information content (AvgIpc) is 2.77. The fourth-order valence-corrected chi connectivity index (χ4v) is 1.20. The Morgan fingerprint density at radius 3 is 3.08 bits per heavy atom. The van der Waals surface area contributed by atoms with Crippen LogP contribution in [0.25, 0.3) is 0 Å². The molecule has 1 saturated carbocycles. The van der Waals surface area contributed by atoms with Crippen LogP contribution in [0.4, 0.5) is 5.82 Å². The number of nitrogens with zero attached hydrogens (tertiary/aromatic N) is 1. The highest BCUT2D eigenvalue weighted by atomic mass is 35.5. The Hall–Kier alpha value is -1.07. The Morgan fingerprint density at radius 2 is 2.46 bits per heavy atom. The third kappa shape index (κ3) is 1.66. The molecule has 0 bridgehead atoms. The first-order valence-electron chi connectivity index (χ1n) is 3.94. The zero-order valence-corrected chi connectivity index (χ0v) is 7.51. The number of hydrogen-bond donors (Lipinski definition) is 3. The molecule has 1 aromatic heterocycles. The molecule has 0 saturated heterocycles. The van der Waals surface area contributed by atoms with E-state index in [-0.39, 0.29) is 22.7 Å². The molecule has 2 unspecified atom stereocenters. The summed E-state index contributed by atoms with van der Waals surface area (Å²) in [6, 6.07) is 0.351. The normalized spacial score (nSPS) is 25.7. The summed E-state index contributed by atoms with van der Waals surface area (Å²) < 4.78 is 0. The Balaban J connectivity index is 2.20. The zero-order valence-electron chi connectivity index (χ0n) is 6.75. The van der Waals surface area contributed by atoms with Gasteiger partial charge >= 0.3 is 0 Å². The summed E-state index contributed by atoms with van der Waals surface area (Å²) in [6.45, 7) is 0. The summed E-state index contributed by atoms with van der Waals surface area (Å²) in [5, 5.41) is 3.07. The molecule has 4 N–H and O–H groups in total. The van der Waals surface area contributed by atoms with E-state index in [1.165, 1.54) is 6.33 Å². The van der Waals surface area contributed by atoms with Gasteiger partial charge in [0.25, 0.3) is 5.56 Å². The molecule has 2 rings (SSSR count). The van der Waals surface area contributed by atoms with Crippen LogP contribution in [0.15, 0.2) is 11.1 Å². The lowest BCUT2D eigenvalue weighted by Crippen LogP contribution is -2.17. The molecular formula is C7H9ClN4O. The molecule has 6 heteroatoms. The van der Waals surface area contributed by atoms with Crippen LogP contribution in [0.2, 0.25) is 5.02 Å². The van der Waals surface area contributed by atoms with Crippen LogP contribution in [0.5, 0.6) is 0 Å². The van der Waals surface area contributed by atoms with Crippen molar-refractivity contribution in [2.75, 3.05) is 5.32 Å². The fourth-order valence-electron chi connectivity index (χ4n) is 1.04. The molecule has 0 amide bonds. The smallest absolute Gasteiger partial charge is 0.271 e. The van der Waals surface area contributed by atoms with Crippen molar-refractivity contribution in [1.82, 2.24) is 9.97 Å². The van der Waals surface area contributed by atoms with Crippen LogP contribution in [-0.2, 0) is 0 Å². The second kappa shape index (κ2) is 3.01. The van der Waals surface area contributed by atoms with Crippen LogP contribution >= 0.6 is 11.6 Å². The lowest BCUT2D eigenvalue weighted by Gasteiger charge is -2.03. The van der Waals surface area contributed by atoms with Gasteiger partial charge in [-0.05, 0) is 6.42 Å². The minimum Gasteiger partial charge on any atom is -0.364 e. The van der Waals surface area contributed by atoms with E-state index in [0.29, 0.717) is 5.82 Å². The molecular weight excluding hydrogens is 192 g/mol. The number of nitrogens with two attached hydrogens (primary N) is 1. The van der Waals surface area contributed by atoms with Crippen LogP contribution in [-0.4, -0.2) is 22.1 Å². The van der Waals surface area contributed by atoms with Crippen LogP contribution in [0.1, 0.15) is 6.42 Å². The van der Waals surface area contributed by atoms with Crippen LogP contribution in [0.3, 0.4) is 0 Å². The molecule has 13 heavy (non-hydrogen) atoms. The molecule has 2 atom stereocenters. The number of H-pyrrole nitrogens is 1. The number of hydrogen-bond acceptors (Lipinski definition) is 4. The van der Waals surface area contributed by atoms with Gasteiger partial charge in [0.1, 0.15) is 5.02 Å². The van der Waals surface area contributed by atoms with E-state index in [9.17, 15) is 4.79 Å². The summed E-state index contributed by atoms with van der Waals surface area (Å²) in [5.74, 6) is 0.406. The number of rotatable bonds is 2. The van der Waals surface area contributed by atoms with Gasteiger partial charge in [0, 0.05) is 12.1 Å². The number of aromatic amines is 1. The lowest BCUT2D eigenvalue weighted by atomic mass is 10.5. The molecule has 0 aromatic carbocycles. The predicted molar refractivity (Wildman–Crippen MR) is 49.9 cm³/mol. The maximum atomic E-state index is 11.0. The van der Waals surface area contributed by atoms with Gasteiger partial charge in [-0.1, -0.05) is 11.6 Å². The maximum absolute atomic E-state index is 11.0. The standard InChI is InChI=1S/C7H9ClN4O/c8-5-6(10-2-11-7(5)13)12-4-1-3(4)9/h2-4H,1,9H2,(H2,10,11,12,13). The van der Waals surface area contributed by atoms with Gasteiger partial charge in [0.05, 0.1) is 6.33 Å².